The Hall–Kier alpha value is -6.15. The molecule has 0 amide bonds. The molecule has 0 bridgehead atoms. The highest BCUT2D eigenvalue weighted by molar-refractivity contribution is 7.26. The van der Waals surface area contributed by atoms with Crippen LogP contribution in [0.5, 0.6) is 0 Å². The molecule has 0 spiro atoms. The van der Waals surface area contributed by atoms with E-state index in [0.717, 1.165) is 60.7 Å². The fourth-order valence-electron chi connectivity index (χ4n) is 7.32. The lowest BCUT2D eigenvalue weighted by molar-refractivity contribution is 0.669. The summed E-state index contributed by atoms with van der Waals surface area (Å²) in [6.45, 7) is 0. The Balaban J connectivity index is 1.33. The Morgan fingerprint density at radius 1 is 0.511 bits per heavy atom. The standard InChI is InChI=1S/C43H24N2OS/c44-25-26-10-1-2-11-30(26)27-20-28(31-15-9-16-35-34-14-5-8-19-42(34)47-43(31)35)22-29(21-27)45-38-17-6-3-12-32(38)36-24-41-37(23-39(36)45)33-13-4-7-18-40(33)46-41/h1-24H. The number of fused-ring (bicyclic) bond motifs is 9. The van der Waals surface area contributed by atoms with Crippen molar-refractivity contribution in [3.63, 3.8) is 0 Å². The van der Waals surface area contributed by atoms with Crippen molar-refractivity contribution < 1.29 is 4.42 Å². The largest absolute Gasteiger partial charge is 0.456 e. The van der Waals surface area contributed by atoms with Crippen LogP contribution in [0.15, 0.2) is 150 Å². The predicted molar refractivity (Wildman–Crippen MR) is 197 cm³/mol. The van der Waals surface area contributed by atoms with Gasteiger partial charge in [0.25, 0.3) is 0 Å². The van der Waals surface area contributed by atoms with E-state index in [4.69, 9.17) is 4.42 Å². The minimum Gasteiger partial charge on any atom is -0.456 e. The fourth-order valence-corrected chi connectivity index (χ4v) is 8.56. The molecule has 3 heterocycles. The van der Waals surface area contributed by atoms with E-state index in [1.807, 2.05) is 41.7 Å². The molecule has 0 aliphatic carbocycles. The highest BCUT2D eigenvalue weighted by atomic mass is 32.1. The van der Waals surface area contributed by atoms with Gasteiger partial charge in [-0.25, -0.2) is 0 Å². The molecular formula is C43H24N2OS. The van der Waals surface area contributed by atoms with E-state index in [2.05, 4.69) is 126 Å². The van der Waals surface area contributed by atoms with E-state index in [9.17, 15) is 5.26 Å². The molecule has 0 saturated carbocycles. The van der Waals surface area contributed by atoms with Crippen LogP contribution >= 0.6 is 11.3 Å². The minimum absolute atomic E-state index is 0.657. The third kappa shape index (κ3) is 3.85. The van der Waals surface area contributed by atoms with Gasteiger partial charge in [0.15, 0.2) is 0 Å². The van der Waals surface area contributed by atoms with E-state index in [0.29, 0.717) is 5.56 Å². The first-order valence-electron chi connectivity index (χ1n) is 15.7. The van der Waals surface area contributed by atoms with Gasteiger partial charge < -0.3 is 8.98 Å². The van der Waals surface area contributed by atoms with Crippen LogP contribution in [0.3, 0.4) is 0 Å². The van der Waals surface area contributed by atoms with Crippen LogP contribution in [0, 0.1) is 11.3 Å². The van der Waals surface area contributed by atoms with Gasteiger partial charge in [0.1, 0.15) is 11.2 Å². The third-order valence-corrected chi connectivity index (χ3v) is 10.6. The molecule has 0 saturated heterocycles. The number of aromatic nitrogens is 1. The lowest BCUT2D eigenvalue weighted by Crippen LogP contribution is -1.96. The van der Waals surface area contributed by atoms with E-state index in [1.165, 1.54) is 31.1 Å². The molecule has 0 aliphatic rings. The van der Waals surface area contributed by atoms with E-state index in [1.54, 1.807) is 0 Å². The Bertz CT molecular complexity index is 2930. The summed E-state index contributed by atoms with van der Waals surface area (Å²) < 4.78 is 11.2. The summed E-state index contributed by atoms with van der Waals surface area (Å²) in [6.07, 6.45) is 0. The van der Waals surface area contributed by atoms with Crippen LogP contribution < -0.4 is 0 Å². The Kier molecular flexibility index (Phi) is 5.51. The first kappa shape index (κ1) is 26.1. The summed E-state index contributed by atoms with van der Waals surface area (Å²) in [5.41, 5.74) is 9.94. The molecule has 218 valence electrons. The van der Waals surface area contributed by atoms with Crippen LogP contribution in [0.25, 0.3) is 91.9 Å². The molecule has 3 nitrogen and oxygen atoms in total. The first-order valence-corrected chi connectivity index (χ1v) is 16.5. The number of benzene rings is 7. The van der Waals surface area contributed by atoms with Gasteiger partial charge in [0, 0.05) is 47.4 Å². The van der Waals surface area contributed by atoms with Crippen molar-refractivity contribution in [2.75, 3.05) is 0 Å². The molecule has 0 fully saturated rings. The molecule has 7 aromatic carbocycles. The number of nitriles is 1. The zero-order valence-electron chi connectivity index (χ0n) is 25.1. The van der Waals surface area contributed by atoms with Gasteiger partial charge in [0.2, 0.25) is 0 Å². The van der Waals surface area contributed by atoms with Crippen molar-refractivity contribution in [1.29, 1.82) is 5.26 Å². The number of hydrogen-bond acceptors (Lipinski definition) is 3. The molecule has 0 radical (unpaired) electrons. The Morgan fingerprint density at radius 3 is 2.11 bits per heavy atom. The highest BCUT2D eigenvalue weighted by Crippen LogP contribution is 2.43. The van der Waals surface area contributed by atoms with Crippen LogP contribution in [0.2, 0.25) is 0 Å². The van der Waals surface area contributed by atoms with Crippen molar-refractivity contribution in [1.82, 2.24) is 4.57 Å². The highest BCUT2D eigenvalue weighted by Gasteiger charge is 2.19. The average molecular weight is 617 g/mol. The molecule has 10 aromatic rings. The van der Waals surface area contributed by atoms with Crippen molar-refractivity contribution >= 4 is 75.3 Å². The number of thiophene rings is 1. The summed E-state index contributed by atoms with van der Waals surface area (Å²) in [6, 6.07) is 53.6. The maximum Gasteiger partial charge on any atom is 0.136 e. The molecule has 3 aromatic heterocycles. The molecule has 47 heavy (non-hydrogen) atoms. The van der Waals surface area contributed by atoms with Gasteiger partial charge in [-0.15, -0.1) is 11.3 Å². The predicted octanol–water partition coefficient (Wildman–Crippen LogP) is 12.3. The maximum absolute atomic E-state index is 10.1. The summed E-state index contributed by atoms with van der Waals surface area (Å²) in [5.74, 6) is 0. The van der Waals surface area contributed by atoms with Gasteiger partial charge in [0.05, 0.1) is 22.7 Å². The second-order valence-electron chi connectivity index (χ2n) is 12.0. The molecule has 0 aliphatic heterocycles. The molecule has 0 atom stereocenters. The fraction of sp³-hybridized carbons (Fsp3) is 0. The second kappa shape index (κ2) is 9.92. The molecular weight excluding hydrogens is 593 g/mol. The molecule has 10 rings (SSSR count). The number of nitrogens with zero attached hydrogens (tertiary/aromatic N) is 2. The van der Waals surface area contributed by atoms with Crippen LogP contribution in [0.4, 0.5) is 0 Å². The number of para-hydroxylation sites is 2. The van der Waals surface area contributed by atoms with Gasteiger partial charge in [-0.3, -0.25) is 0 Å². The van der Waals surface area contributed by atoms with Gasteiger partial charge in [-0.1, -0.05) is 91.0 Å². The summed E-state index contributed by atoms with van der Waals surface area (Å²) in [5, 5.41) is 17.2. The zero-order chi connectivity index (χ0) is 31.1. The van der Waals surface area contributed by atoms with E-state index in [-0.39, 0.29) is 0 Å². The van der Waals surface area contributed by atoms with Crippen molar-refractivity contribution in [2.24, 2.45) is 0 Å². The monoisotopic (exact) mass is 616 g/mol. The average Bonchev–Trinajstić information content (AvgIpc) is 3.79. The van der Waals surface area contributed by atoms with Crippen molar-refractivity contribution in [3.05, 3.63) is 151 Å². The maximum atomic E-state index is 10.1. The lowest BCUT2D eigenvalue weighted by atomic mass is 9.94. The molecule has 0 N–H and O–H groups in total. The third-order valence-electron chi connectivity index (χ3n) is 9.42. The molecule has 4 heteroatoms. The number of rotatable bonds is 3. The number of furan rings is 1. The SMILES string of the molecule is N#Cc1ccccc1-c1cc(-c2cccc3c2sc2ccccc23)cc(-n2c3ccccc3c3cc4oc5ccccc5c4cc32)c1. The molecule has 0 unspecified atom stereocenters. The number of hydrogen-bond donors (Lipinski definition) is 0. The van der Waals surface area contributed by atoms with Gasteiger partial charge in [-0.2, -0.15) is 5.26 Å². The first-order chi connectivity index (χ1) is 23.2. The van der Waals surface area contributed by atoms with Crippen molar-refractivity contribution in [2.45, 2.75) is 0 Å². The van der Waals surface area contributed by atoms with Crippen LogP contribution in [-0.2, 0) is 0 Å². The topological polar surface area (TPSA) is 41.9 Å². The van der Waals surface area contributed by atoms with Crippen LogP contribution in [0.1, 0.15) is 5.56 Å². The van der Waals surface area contributed by atoms with Crippen molar-refractivity contribution in [3.8, 4) is 34.0 Å². The quantitative estimate of drug-likeness (QED) is 0.198. The summed E-state index contributed by atoms with van der Waals surface area (Å²) in [7, 11) is 0. The Labute approximate surface area is 273 Å². The minimum atomic E-state index is 0.657. The van der Waals surface area contributed by atoms with Gasteiger partial charge >= 0.3 is 0 Å². The summed E-state index contributed by atoms with van der Waals surface area (Å²) >= 11 is 1.83. The van der Waals surface area contributed by atoms with E-state index >= 15 is 0 Å². The smallest absolute Gasteiger partial charge is 0.136 e. The summed E-state index contributed by atoms with van der Waals surface area (Å²) in [4.78, 5) is 0. The zero-order valence-corrected chi connectivity index (χ0v) is 25.9. The van der Waals surface area contributed by atoms with E-state index < -0.39 is 0 Å². The Morgan fingerprint density at radius 2 is 1.21 bits per heavy atom. The normalized spacial score (nSPS) is 11.8. The lowest BCUT2D eigenvalue weighted by Gasteiger charge is -2.15. The van der Waals surface area contributed by atoms with Crippen LogP contribution in [-0.4, -0.2) is 4.57 Å². The second-order valence-corrected chi connectivity index (χ2v) is 13.1. The van der Waals surface area contributed by atoms with Gasteiger partial charge in [-0.05, 0) is 76.9 Å².